The van der Waals surface area contributed by atoms with Gasteiger partial charge < -0.3 is 24.4 Å². The van der Waals surface area contributed by atoms with Crippen LogP contribution in [0.5, 0.6) is 11.5 Å². The Morgan fingerprint density at radius 2 is 1.89 bits per heavy atom. The Morgan fingerprint density at radius 3 is 2.56 bits per heavy atom. The summed E-state index contributed by atoms with van der Waals surface area (Å²) in [5.41, 5.74) is 3.42. The van der Waals surface area contributed by atoms with Crippen molar-refractivity contribution in [3.63, 3.8) is 0 Å². The van der Waals surface area contributed by atoms with E-state index < -0.39 is 12.0 Å². The van der Waals surface area contributed by atoms with Gasteiger partial charge in [-0.25, -0.2) is 9.79 Å². The van der Waals surface area contributed by atoms with Gasteiger partial charge in [0, 0.05) is 30.2 Å². The lowest BCUT2D eigenvalue weighted by atomic mass is 9.92. The van der Waals surface area contributed by atoms with Crippen molar-refractivity contribution in [1.29, 1.82) is 0 Å². The summed E-state index contributed by atoms with van der Waals surface area (Å²) in [6.07, 6.45) is 4.01. The molecule has 0 spiro atoms. The number of hydrogen-bond donors (Lipinski definition) is 1. The summed E-state index contributed by atoms with van der Waals surface area (Å²) in [6, 6.07) is 8.62. The molecule has 188 valence electrons. The summed E-state index contributed by atoms with van der Waals surface area (Å²) in [7, 11) is 4.47. The number of rotatable bonds is 9. The quantitative estimate of drug-likeness (QED) is 0.508. The van der Waals surface area contributed by atoms with E-state index in [4.69, 9.17) is 19.2 Å². The lowest BCUT2D eigenvalue weighted by Crippen LogP contribution is -2.38. The standard InChI is InChI=1S/C26H28N4O5S/c1-5-19-22(25(32)35-4)23(18-7-6-8-20(33-2)24(18)34-3)30-17(15-36-26(30)29-19)13-21(31)28-14-16-9-11-27-12-10-16/h6-12,15,23H,5,13-14H2,1-4H3,(H,28,31)/t23-/m1/s1. The number of fused-ring (bicyclic) bond motifs is 1. The predicted octanol–water partition coefficient (Wildman–Crippen LogP) is 3.94. The molecule has 0 bridgehead atoms. The van der Waals surface area contributed by atoms with Gasteiger partial charge >= 0.3 is 5.97 Å². The van der Waals surface area contributed by atoms with Crippen LogP contribution in [-0.4, -0.2) is 48.3 Å². The maximum atomic E-state index is 13.1. The molecule has 3 heterocycles. The van der Waals surface area contributed by atoms with Crippen LogP contribution in [0.4, 0.5) is 0 Å². The Balaban J connectivity index is 1.71. The summed E-state index contributed by atoms with van der Waals surface area (Å²) >= 11 is 1.42. The first kappa shape index (κ1) is 25.3. The van der Waals surface area contributed by atoms with E-state index in [1.165, 1.54) is 18.9 Å². The highest BCUT2D eigenvalue weighted by Crippen LogP contribution is 2.49. The van der Waals surface area contributed by atoms with Crippen LogP contribution in [0, 0.1) is 0 Å². The number of methoxy groups -OCH3 is 3. The second-order valence-corrected chi connectivity index (χ2v) is 8.83. The van der Waals surface area contributed by atoms with E-state index in [0.29, 0.717) is 46.5 Å². The third-order valence-electron chi connectivity index (χ3n) is 5.94. The number of ether oxygens (including phenoxy) is 3. The molecule has 0 saturated carbocycles. The average Bonchev–Trinajstić information content (AvgIpc) is 3.32. The van der Waals surface area contributed by atoms with Gasteiger partial charge in [-0.05, 0) is 35.6 Å². The van der Waals surface area contributed by atoms with Gasteiger partial charge in [-0.2, -0.15) is 0 Å². The van der Waals surface area contributed by atoms with Gasteiger partial charge in [-0.1, -0.05) is 30.8 Å². The van der Waals surface area contributed by atoms with E-state index in [9.17, 15) is 9.59 Å². The lowest BCUT2D eigenvalue weighted by molar-refractivity contribution is -0.136. The minimum Gasteiger partial charge on any atom is -0.493 e. The summed E-state index contributed by atoms with van der Waals surface area (Å²) < 4.78 is 16.4. The summed E-state index contributed by atoms with van der Waals surface area (Å²) in [5.74, 6) is 0.402. The van der Waals surface area contributed by atoms with Gasteiger partial charge in [-0.3, -0.25) is 9.78 Å². The van der Waals surface area contributed by atoms with Crippen molar-refractivity contribution >= 4 is 28.8 Å². The number of nitrogens with zero attached hydrogens (tertiary/aromatic N) is 3. The molecule has 1 atom stereocenters. The van der Waals surface area contributed by atoms with E-state index in [1.54, 1.807) is 32.7 Å². The van der Waals surface area contributed by atoms with E-state index in [1.807, 2.05) is 41.5 Å². The highest BCUT2D eigenvalue weighted by Gasteiger charge is 2.43. The van der Waals surface area contributed by atoms with Crippen molar-refractivity contribution < 1.29 is 23.8 Å². The molecule has 9 nitrogen and oxygen atoms in total. The molecule has 0 unspecified atom stereocenters. The second-order valence-electron chi connectivity index (χ2n) is 7.99. The van der Waals surface area contributed by atoms with E-state index in [-0.39, 0.29) is 12.3 Å². The molecular weight excluding hydrogens is 480 g/mol. The van der Waals surface area contributed by atoms with Gasteiger partial charge in [0.25, 0.3) is 0 Å². The number of carbonyl (C=O) groups is 2. The molecule has 36 heavy (non-hydrogen) atoms. The number of pyridine rings is 1. The zero-order chi connectivity index (χ0) is 25.7. The Hall–Kier alpha value is -3.79. The van der Waals surface area contributed by atoms with Crippen LogP contribution in [0.2, 0.25) is 0 Å². The van der Waals surface area contributed by atoms with E-state index >= 15 is 0 Å². The topological polar surface area (TPSA) is 102 Å². The summed E-state index contributed by atoms with van der Waals surface area (Å²) in [6.45, 7) is 2.33. The first-order valence-corrected chi connectivity index (χ1v) is 12.3. The number of nitrogens with one attached hydrogen (secondary N) is 1. The number of amidine groups is 1. The average molecular weight is 509 g/mol. The molecule has 0 radical (unpaired) electrons. The smallest absolute Gasteiger partial charge is 0.338 e. The zero-order valence-corrected chi connectivity index (χ0v) is 21.4. The number of carbonyl (C=O) groups excluding carboxylic acids is 2. The summed E-state index contributed by atoms with van der Waals surface area (Å²) in [4.78, 5) is 36.7. The number of aromatic nitrogens is 1. The monoisotopic (exact) mass is 508 g/mol. The third-order valence-corrected chi connectivity index (χ3v) is 6.83. The Kier molecular flexibility index (Phi) is 7.94. The number of benzene rings is 1. The fourth-order valence-corrected chi connectivity index (χ4v) is 5.20. The largest absolute Gasteiger partial charge is 0.493 e. The highest BCUT2D eigenvalue weighted by molar-refractivity contribution is 8.16. The Morgan fingerprint density at radius 1 is 1.11 bits per heavy atom. The number of esters is 1. The SMILES string of the molecule is CCC1=C(C(=O)OC)[C@@H](c2cccc(OC)c2OC)N2C(CC(=O)NCc3ccncc3)=CSC2=N1. The van der Waals surface area contributed by atoms with Gasteiger partial charge in [0.1, 0.15) is 0 Å². The van der Waals surface area contributed by atoms with Crippen molar-refractivity contribution in [2.75, 3.05) is 21.3 Å². The molecule has 1 aromatic carbocycles. The van der Waals surface area contributed by atoms with Crippen molar-refractivity contribution in [3.05, 3.63) is 76.2 Å². The molecule has 2 aliphatic rings. The molecule has 0 aliphatic carbocycles. The lowest BCUT2D eigenvalue weighted by Gasteiger charge is -2.37. The molecule has 2 aliphatic heterocycles. The van der Waals surface area contributed by atoms with Crippen LogP contribution in [0.25, 0.3) is 0 Å². The molecule has 2 aromatic rings. The molecule has 1 aromatic heterocycles. The number of aliphatic imine (C=N–C) groups is 1. The third kappa shape index (κ3) is 4.94. The molecule has 1 amide bonds. The fraction of sp³-hybridized carbons (Fsp3) is 0.308. The number of allylic oxidation sites excluding steroid dienone is 1. The van der Waals surface area contributed by atoms with Crippen LogP contribution in [-0.2, 0) is 20.9 Å². The Labute approximate surface area is 214 Å². The second kappa shape index (κ2) is 11.3. The van der Waals surface area contributed by atoms with Crippen molar-refractivity contribution in [2.45, 2.75) is 32.4 Å². The Bertz CT molecular complexity index is 1240. The number of hydrogen-bond acceptors (Lipinski definition) is 9. The molecule has 4 rings (SSSR count). The van der Waals surface area contributed by atoms with Crippen LogP contribution in [0.1, 0.15) is 36.9 Å². The van der Waals surface area contributed by atoms with Crippen LogP contribution in [0.3, 0.4) is 0 Å². The normalized spacial score (nSPS) is 16.7. The maximum Gasteiger partial charge on any atom is 0.338 e. The van der Waals surface area contributed by atoms with Crippen molar-refractivity contribution in [2.24, 2.45) is 4.99 Å². The van der Waals surface area contributed by atoms with Crippen molar-refractivity contribution in [3.8, 4) is 11.5 Å². The van der Waals surface area contributed by atoms with Gasteiger partial charge in [-0.15, -0.1) is 0 Å². The van der Waals surface area contributed by atoms with Crippen LogP contribution >= 0.6 is 11.8 Å². The number of amides is 1. The zero-order valence-electron chi connectivity index (χ0n) is 20.6. The van der Waals surface area contributed by atoms with E-state index in [2.05, 4.69) is 10.3 Å². The van der Waals surface area contributed by atoms with Crippen LogP contribution < -0.4 is 14.8 Å². The van der Waals surface area contributed by atoms with Crippen molar-refractivity contribution in [1.82, 2.24) is 15.2 Å². The van der Waals surface area contributed by atoms with Crippen LogP contribution in [0.15, 0.2) is 70.1 Å². The molecular formula is C26H28N4O5S. The minimum absolute atomic E-state index is 0.107. The van der Waals surface area contributed by atoms with E-state index in [0.717, 1.165) is 11.3 Å². The first-order chi connectivity index (χ1) is 17.5. The number of thioether (sulfide) groups is 1. The van der Waals surface area contributed by atoms with Gasteiger partial charge in [0.2, 0.25) is 5.91 Å². The maximum absolute atomic E-state index is 13.1. The fourth-order valence-electron chi connectivity index (χ4n) is 4.26. The number of para-hydroxylation sites is 1. The van der Waals surface area contributed by atoms with Gasteiger partial charge in [0.05, 0.1) is 45.1 Å². The highest BCUT2D eigenvalue weighted by atomic mass is 32.2. The predicted molar refractivity (Wildman–Crippen MR) is 137 cm³/mol. The molecule has 0 fully saturated rings. The minimum atomic E-state index is -0.612. The molecule has 10 heteroatoms. The van der Waals surface area contributed by atoms with Gasteiger partial charge in [0.15, 0.2) is 16.7 Å². The molecule has 1 N–H and O–H groups in total. The molecule has 0 saturated heterocycles. The summed E-state index contributed by atoms with van der Waals surface area (Å²) in [5, 5.41) is 5.54. The first-order valence-electron chi connectivity index (χ1n) is 11.4.